The quantitative estimate of drug-likeness (QED) is 0.149. The molecule has 0 saturated carbocycles. The molecule has 359 valence electrons. The number of rotatable bonds is 7. The molecule has 0 aliphatic rings. The van der Waals surface area contributed by atoms with Gasteiger partial charge in [0.25, 0.3) is 0 Å². The summed E-state index contributed by atoms with van der Waals surface area (Å²) >= 11 is 0. The van der Waals surface area contributed by atoms with E-state index in [9.17, 15) is 0 Å². The second-order valence-corrected chi connectivity index (χ2v) is 10.1. The Hall–Kier alpha value is 10.8. The van der Waals surface area contributed by atoms with Crippen LogP contribution in [0, 0.1) is 64.8 Å². The predicted octanol–water partition coefficient (Wildman–Crippen LogP) is 16.6. The maximum Gasteiger partial charge on any atom is 0.158 e. The van der Waals surface area contributed by atoms with E-state index in [4.69, 9.17) is 9.52 Å². The Morgan fingerprint density at radius 1 is 0.347 bits per heavy atom. The average molecular weight is 2100 g/mol. The van der Waals surface area contributed by atoms with E-state index < -0.39 is 0 Å². The monoisotopic (exact) mass is 2100 g/mol. The molecule has 0 fully saturated rings. The molecule has 72 heavy (non-hydrogen) atoms. The van der Waals surface area contributed by atoms with E-state index in [0.29, 0.717) is 5.89 Å². The first-order chi connectivity index (χ1) is 24.8. The number of aromatic nitrogens is 3. The van der Waals surface area contributed by atoms with Gasteiger partial charge in [-0.05, 0) is 17.7 Å². The molecule has 7 aromatic rings. The van der Waals surface area contributed by atoms with Crippen molar-refractivity contribution in [1.29, 1.82) is 0 Å². The minimum Gasteiger partial charge on any atom is -0.471 e. The van der Waals surface area contributed by atoms with E-state index in [1.54, 1.807) is 0 Å². The topological polar surface area (TPSA) is 43.9 Å². The van der Waals surface area contributed by atoms with Crippen molar-refractivity contribution in [2.75, 3.05) is 0 Å². The molecule has 0 unspecified atom stereocenters. The van der Waals surface area contributed by atoms with Crippen molar-refractivity contribution in [2.24, 2.45) is 0 Å². The molecule has 5 aromatic carbocycles. The molecule has 2 heterocycles. The summed E-state index contributed by atoms with van der Waals surface area (Å²) in [6.07, 6.45) is 4.01. The molecule has 0 N–H and O–H groups in total. The molecule has 4 nitrogen and oxygen atoms in total. The van der Waals surface area contributed by atoms with Gasteiger partial charge in [0.15, 0.2) is 5.76 Å². The van der Waals surface area contributed by atoms with Crippen LogP contribution >= 0.6 is 0 Å². The van der Waals surface area contributed by atoms with Crippen LogP contribution in [-0.2, 0) is 491 Å². The molecule has 0 spiro atoms. The van der Waals surface area contributed by atoms with E-state index in [-0.39, 0.29) is 543 Å². The summed E-state index contributed by atoms with van der Waals surface area (Å²) in [6, 6.07) is 51.3. The largest absolute Gasteiger partial charge is 0.471 e. The molecule has 2 aromatic heterocycles. The van der Waals surface area contributed by atoms with Crippen molar-refractivity contribution in [3.8, 4) is 50.7 Å². The standard InChI is InChI=1S/C23H19N2.C17H14NO.3C2H6.7CH3.15Y/c1-2-21-22(18-12-6-3-7-13-18)23(19-14-8-4-9-15-19)24-25(21)20-16-10-5-11-17-20;1-2-15-18-16(13-9-5-3-6-10-13)17(19-15)14-11-7-4-8-12-14;3*1-2;;;;;;;;;;;;;;;;;;;;;;/h2-17H,1H3;2-12H,1H3;3*1-2H3;7*1H3;;;;;;;;;;;;;;;/q2*-1;;;;7*-1;;;;;;;;;;;;;;;. The van der Waals surface area contributed by atoms with Gasteiger partial charge in [0, 0.05) is 507 Å². The van der Waals surface area contributed by atoms with Crippen molar-refractivity contribution in [3.63, 3.8) is 0 Å². The Balaban J connectivity index is -0.0000000299. The SMILES string of the molecule is CC.CC.CC.C[CH-]c1c(-c2ccccc2)c(-c2ccccc2)nn1-c1ccccc1.C[CH-]c1nc(-c2ccccc2)c(-c2ccccc2)o1.[CH3-].[CH3-].[CH3-].[CH3-].[CH3-].[CH3-].[CH3-].[Y].[Y].[Y].[Y].[Y].[Y].[Y].[Y].[Y].[Y].[Y].[Y].[Y].[Y].[Y]. The van der Waals surface area contributed by atoms with Gasteiger partial charge >= 0.3 is 0 Å². The third-order valence-corrected chi connectivity index (χ3v) is 7.28. The number of nitrogens with zero attached hydrogens (tertiary/aromatic N) is 3. The maximum absolute atomic E-state index is 5.84. The zero-order valence-electron chi connectivity index (χ0n) is 46.5. The Bertz CT molecular complexity index is 1890. The average Bonchev–Trinajstić information content (AvgIpc) is 3.85. The normalized spacial score (nSPS) is 6.67. The van der Waals surface area contributed by atoms with Crippen molar-refractivity contribution in [1.82, 2.24) is 14.8 Å². The van der Waals surface area contributed by atoms with Crippen LogP contribution in [0.25, 0.3) is 50.7 Å². The van der Waals surface area contributed by atoms with Gasteiger partial charge in [-0.15, -0.1) is 12.5 Å². The van der Waals surface area contributed by atoms with E-state index in [1.165, 1.54) is 5.56 Å². The van der Waals surface area contributed by atoms with Crippen LogP contribution in [0.2, 0.25) is 0 Å². The van der Waals surface area contributed by atoms with Crippen LogP contribution in [0.15, 0.2) is 156 Å². The van der Waals surface area contributed by atoms with E-state index in [1.807, 2.05) is 151 Å². The Morgan fingerprint density at radius 3 is 0.931 bits per heavy atom. The third kappa shape index (κ3) is 48.7. The summed E-state index contributed by atoms with van der Waals surface area (Å²) in [4.78, 5) is 4.55. The number of benzene rings is 5. The Labute approximate surface area is 822 Å². The van der Waals surface area contributed by atoms with Gasteiger partial charge in [-0.1, -0.05) is 192 Å². The van der Waals surface area contributed by atoms with Crippen molar-refractivity contribution >= 4 is 0 Å². The van der Waals surface area contributed by atoms with Crippen molar-refractivity contribution in [3.05, 3.63) is 228 Å². The number of oxazole rings is 1. The number of hydrogen-bond acceptors (Lipinski definition) is 3. The molecule has 0 bridgehead atoms. The number of hydrogen-bond donors (Lipinski definition) is 0. The summed E-state index contributed by atoms with van der Waals surface area (Å²) in [5.41, 5.74) is 9.64. The molecule has 0 aliphatic heterocycles. The van der Waals surface area contributed by atoms with Crippen molar-refractivity contribution < 1.29 is 495 Å². The first-order valence-corrected chi connectivity index (χ1v) is 17.8. The molecule has 15 radical (unpaired) electrons. The van der Waals surface area contributed by atoms with Gasteiger partial charge in [-0.25, -0.2) is 11.4 Å². The Morgan fingerprint density at radius 2 is 0.625 bits per heavy atom. The molecule has 0 amide bonds. The van der Waals surface area contributed by atoms with Crippen LogP contribution in [-0.4, -0.2) is 14.8 Å². The molecular weight excluding hydrogens is 2030 g/mol. The summed E-state index contributed by atoms with van der Waals surface area (Å²) in [5, 5.41) is 4.98. The maximum atomic E-state index is 5.84. The zero-order valence-corrected chi connectivity index (χ0v) is 89.1. The summed E-state index contributed by atoms with van der Waals surface area (Å²) in [7, 11) is 0. The molecule has 7 rings (SSSR count). The van der Waals surface area contributed by atoms with Crippen LogP contribution < -0.4 is 0 Å². The smallest absolute Gasteiger partial charge is 0.158 e. The minimum atomic E-state index is 0. The molecular formula is C53H72N3OY15-9. The second-order valence-electron chi connectivity index (χ2n) is 10.1. The van der Waals surface area contributed by atoms with Gasteiger partial charge in [-0.2, -0.15) is 12.0 Å². The van der Waals surface area contributed by atoms with Crippen LogP contribution in [0.5, 0.6) is 0 Å². The number of para-hydroxylation sites is 1. The van der Waals surface area contributed by atoms with Crippen LogP contribution in [0.3, 0.4) is 0 Å². The third-order valence-electron chi connectivity index (χ3n) is 7.28. The molecule has 0 aliphatic carbocycles. The zero-order chi connectivity index (χ0) is 36.1. The van der Waals surface area contributed by atoms with Crippen LogP contribution in [0.1, 0.15) is 67.0 Å². The fourth-order valence-corrected chi connectivity index (χ4v) is 5.19. The van der Waals surface area contributed by atoms with Gasteiger partial charge in [0.05, 0.1) is 11.6 Å². The first kappa shape index (κ1) is 140. The van der Waals surface area contributed by atoms with Gasteiger partial charge in [-0.3, -0.25) is 4.68 Å². The van der Waals surface area contributed by atoms with E-state index in [2.05, 4.69) is 79.0 Å². The van der Waals surface area contributed by atoms with Gasteiger partial charge < -0.3 is 62.8 Å². The second kappa shape index (κ2) is 90.6. The minimum absolute atomic E-state index is 0. The fraction of sp³-hybridized carbons (Fsp3) is 0.151. The fourth-order valence-electron chi connectivity index (χ4n) is 5.19. The summed E-state index contributed by atoms with van der Waals surface area (Å²) in [5.74, 6) is 1.47. The molecule has 0 atom stereocenters. The van der Waals surface area contributed by atoms with E-state index in [0.717, 1.165) is 50.8 Å². The van der Waals surface area contributed by atoms with Crippen LogP contribution in [0.4, 0.5) is 0 Å². The van der Waals surface area contributed by atoms with Gasteiger partial charge in [0.2, 0.25) is 0 Å². The summed E-state index contributed by atoms with van der Waals surface area (Å²) in [6.45, 7) is 16.0. The summed E-state index contributed by atoms with van der Waals surface area (Å²) < 4.78 is 7.87. The van der Waals surface area contributed by atoms with E-state index >= 15 is 0 Å². The first-order valence-electron chi connectivity index (χ1n) is 17.8. The molecule has 0 saturated heterocycles. The predicted molar refractivity (Wildman–Crippen MR) is 259 cm³/mol. The van der Waals surface area contributed by atoms with Crippen molar-refractivity contribution in [2.45, 2.75) is 55.4 Å². The molecule has 19 heteroatoms. The Kier molecular flexibility index (Phi) is 177. The van der Waals surface area contributed by atoms with Gasteiger partial charge in [0.1, 0.15) is 5.69 Å².